The summed E-state index contributed by atoms with van der Waals surface area (Å²) in [6.45, 7) is 9.55. The van der Waals surface area contributed by atoms with Gasteiger partial charge in [-0.15, -0.1) is 0 Å². The highest BCUT2D eigenvalue weighted by atomic mass is 16.5. The summed E-state index contributed by atoms with van der Waals surface area (Å²) in [5.41, 5.74) is 0. The molecule has 1 aliphatic heterocycles. The maximum absolute atomic E-state index is 5.29. The SMILES string of the molecule is CCNC(=NCC1CCCC(C)C1)N1CCC(COC)C1. The third-order valence-electron chi connectivity index (χ3n) is 4.87. The van der Waals surface area contributed by atoms with Crippen LogP contribution in [0.3, 0.4) is 0 Å². The lowest BCUT2D eigenvalue weighted by Gasteiger charge is -2.27. The van der Waals surface area contributed by atoms with E-state index in [1.165, 1.54) is 32.1 Å². The number of nitrogens with zero attached hydrogens (tertiary/aromatic N) is 2. The number of aliphatic imine (C=N–C) groups is 1. The van der Waals surface area contributed by atoms with E-state index >= 15 is 0 Å². The molecule has 3 atom stereocenters. The molecule has 0 aromatic rings. The molecule has 4 heteroatoms. The summed E-state index contributed by atoms with van der Waals surface area (Å²) in [7, 11) is 1.80. The van der Waals surface area contributed by atoms with Crippen LogP contribution in [0.4, 0.5) is 0 Å². The van der Waals surface area contributed by atoms with Gasteiger partial charge in [0.2, 0.25) is 0 Å². The Morgan fingerprint density at radius 2 is 2.14 bits per heavy atom. The molecule has 1 aliphatic carbocycles. The first-order valence-corrected chi connectivity index (χ1v) is 8.75. The van der Waals surface area contributed by atoms with Gasteiger partial charge in [-0.2, -0.15) is 0 Å². The van der Waals surface area contributed by atoms with Gasteiger partial charge in [-0.1, -0.05) is 19.8 Å². The highest BCUT2D eigenvalue weighted by Gasteiger charge is 2.25. The minimum atomic E-state index is 0.661. The number of nitrogens with one attached hydrogen (secondary N) is 1. The lowest BCUT2D eigenvalue weighted by Crippen LogP contribution is -2.40. The summed E-state index contributed by atoms with van der Waals surface area (Å²) in [5.74, 6) is 3.46. The summed E-state index contributed by atoms with van der Waals surface area (Å²) in [5, 5.41) is 3.47. The first kappa shape index (κ1) is 16.6. The molecule has 3 unspecified atom stereocenters. The molecule has 1 N–H and O–H groups in total. The molecule has 0 radical (unpaired) electrons. The number of hydrogen-bond acceptors (Lipinski definition) is 2. The zero-order chi connectivity index (χ0) is 15.1. The van der Waals surface area contributed by atoms with Crippen LogP contribution < -0.4 is 5.32 Å². The van der Waals surface area contributed by atoms with Crippen molar-refractivity contribution in [2.45, 2.75) is 46.0 Å². The van der Waals surface area contributed by atoms with E-state index < -0.39 is 0 Å². The van der Waals surface area contributed by atoms with Gasteiger partial charge < -0.3 is 15.0 Å². The Kier molecular flexibility index (Phi) is 6.81. The second-order valence-electron chi connectivity index (χ2n) is 6.89. The lowest BCUT2D eigenvalue weighted by atomic mass is 9.82. The van der Waals surface area contributed by atoms with Gasteiger partial charge in [0.25, 0.3) is 0 Å². The van der Waals surface area contributed by atoms with Crippen molar-refractivity contribution >= 4 is 5.96 Å². The summed E-state index contributed by atoms with van der Waals surface area (Å²) in [6.07, 6.45) is 6.73. The van der Waals surface area contributed by atoms with Crippen molar-refractivity contribution in [3.05, 3.63) is 0 Å². The summed E-state index contributed by atoms with van der Waals surface area (Å²) in [6, 6.07) is 0. The molecule has 0 spiro atoms. The number of rotatable bonds is 5. The monoisotopic (exact) mass is 295 g/mol. The smallest absolute Gasteiger partial charge is 0.193 e. The highest BCUT2D eigenvalue weighted by Crippen LogP contribution is 2.28. The minimum absolute atomic E-state index is 0.661. The molecule has 0 aromatic carbocycles. The van der Waals surface area contributed by atoms with E-state index in [-0.39, 0.29) is 0 Å². The standard InChI is InChI=1S/C17H33N3O/c1-4-18-17(20-9-8-16(12-20)13-21-3)19-11-15-7-5-6-14(2)10-15/h14-16H,4-13H2,1-3H3,(H,18,19). The Morgan fingerprint density at radius 1 is 1.29 bits per heavy atom. The maximum Gasteiger partial charge on any atom is 0.193 e. The predicted octanol–water partition coefficient (Wildman–Crippen LogP) is 2.75. The van der Waals surface area contributed by atoms with Crippen molar-refractivity contribution in [2.24, 2.45) is 22.7 Å². The van der Waals surface area contributed by atoms with E-state index in [4.69, 9.17) is 9.73 Å². The third kappa shape index (κ3) is 5.17. The van der Waals surface area contributed by atoms with E-state index in [0.717, 1.165) is 50.6 Å². The van der Waals surface area contributed by atoms with Gasteiger partial charge in [0.05, 0.1) is 6.61 Å². The molecule has 2 aliphatic rings. The van der Waals surface area contributed by atoms with Gasteiger partial charge in [0, 0.05) is 39.2 Å². The van der Waals surface area contributed by atoms with Gasteiger partial charge in [-0.05, 0) is 38.0 Å². The maximum atomic E-state index is 5.29. The average molecular weight is 295 g/mol. The fourth-order valence-electron chi connectivity index (χ4n) is 3.76. The van der Waals surface area contributed by atoms with Crippen LogP contribution in [0.1, 0.15) is 46.0 Å². The average Bonchev–Trinajstić information content (AvgIpc) is 2.92. The van der Waals surface area contributed by atoms with Crippen molar-refractivity contribution in [1.82, 2.24) is 10.2 Å². The highest BCUT2D eigenvalue weighted by molar-refractivity contribution is 5.80. The molecule has 0 bridgehead atoms. The number of methoxy groups -OCH3 is 1. The van der Waals surface area contributed by atoms with Gasteiger partial charge in [-0.3, -0.25) is 4.99 Å². The normalized spacial score (nSPS) is 30.7. The van der Waals surface area contributed by atoms with Crippen LogP contribution in [0.15, 0.2) is 4.99 Å². The molecule has 2 rings (SSSR count). The molecule has 0 amide bonds. The second kappa shape index (κ2) is 8.62. The molecular formula is C17H33N3O. The van der Waals surface area contributed by atoms with Crippen molar-refractivity contribution in [3.8, 4) is 0 Å². The van der Waals surface area contributed by atoms with E-state index in [1.54, 1.807) is 7.11 Å². The predicted molar refractivity (Wildman–Crippen MR) is 88.7 cm³/mol. The van der Waals surface area contributed by atoms with E-state index in [0.29, 0.717) is 5.92 Å². The van der Waals surface area contributed by atoms with Gasteiger partial charge in [-0.25, -0.2) is 0 Å². The molecule has 1 heterocycles. The fraction of sp³-hybridized carbons (Fsp3) is 0.941. The molecule has 0 aromatic heterocycles. The zero-order valence-corrected chi connectivity index (χ0v) is 14.1. The summed E-state index contributed by atoms with van der Waals surface area (Å²) >= 11 is 0. The first-order chi connectivity index (χ1) is 10.2. The zero-order valence-electron chi connectivity index (χ0n) is 14.1. The quantitative estimate of drug-likeness (QED) is 0.626. The molecule has 2 fully saturated rings. The Morgan fingerprint density at radius 3 is 2.86 bits per heavy atom. The Bertz CT molecular complexity index is 332. The molecular weight excluding hydrogens is 262 g/mol. The van der Waals surface area contributed by atoms with Crippen LogP contribution in [0.5, 0.6) is 0 Å². The van der Waals surface area contributed by atoms with Crippen LogP contribution in [0.25, 0.3) is 0 Å². The fourth-order valence-corrected chi connectivity index (χ4v) is 3.76. The van der Waals surface area contributed by atoms with Crippen LogP contribution >= 0.6 is 0 Å². The molecule has 1 saturated carbocycles. The van der Waals surface area contributed by atoms with Crippen LogP contribution in [0, 0.1) is 17.8 Å². The van der Waals surface area contributed by atoms with Crippen LogP contribution in [-0.4, -0.2) is 50.8 Å². The number of hydrogen-bond donors (Lipinski definition) is 1. The summed E-state index contributed by atoms with van der Waals surface area (Å²) < 4.78 is 5.29. The Balaban J connectivity index is 1.87. The minimum Gasteiger partial charge on any atom is -0.384 e. The van der Waals surface area contributed by atoms with Crippen LogP contribution in [0.2, 0.25) is 0 Å². The first-order valence-electron chi connectivity index (χ1n) is 8.75. The van der Waals surface area contributed by atoms with E-state index in [2.05, 4.69) is 24.1 Å². The molecule has 122 valence electrons. The van der Waals surface area contributed by atoms with E-state index in [1.807, 2.05) is 0 Å². The molecule has 4 nitrogen and oxygen atoms in total. The molecule has 1 saturated heterocycles. The van der Waals surface area contributed by atoms with Gasteiger partial charge >= 0.3 is 0 Å². The molecule has 21 heavy (non-hydrogen) atoms. The lowest BCUT2D eigenvalue weighted by molar-refractivity contribution is 0.157. The van der Waals surface area contributed by atoms with Crippen molar-refractivity contribution in [2.75, 3.05) is 39.9 Å². The van der Waals surface area contributed by atoms with Crippen molar-refractivity contribution < 1.29 is 4.74 Å². The van der Waals surface area contributed by atoms with Crippen LogP contribution in [-0.2, 0) is 4.74 Å². The number of likely N-dealkylation sites (tertiary alicyclic amines) is 1. The Hall–Kier alpha value is -0.770. The van der Waals surface area contributed by atoms with E-state index in [9.17, 15) is 0 Å². The number of ether oxygens (including phenoxy) is 1. The largest absolute Gasteiger partial charge is 0.384 e. The Labute approximate surface area is 130 Å². The topological polar surface area (TPSA) is 36.9 Å². The van der Waals surface area contributed by atoms with Crippen molar-refractivity contribution in [1.29, 1.82) is 0 Å². The second-order valence-corrected chi connectivity index (χ2v) is 6.89. The van der Waals surface area contributed by atoms with Gasteiger partial charge in [0.1, 0.15) is 0 Å². The van der Waals surface area contributed by atoms with Crippen molar-refractivity contribution in [3.63, 3.8) is 0 Å². The van der Waals surface area contributed by atoms with Gasteiger partial charge in [0.15, 0.2) is 5.96 Å². The number of guanidine groups is 1. The summed E-state index contributed by atoms with van der Waals surface area (Å²) in [4.78, 5) is 7.35. The third-order valence-corrected chi connectivity index (χ3v) is 4.87.